The molecule has 29 heavy (non-hydrogen) atoms. The average Bonchev–Trinajstić information content (AvgIpc) is 3.16. The minimum Gasteiger partial charge on any atom is -0.493 e. The van der Waals surface area contributed by atoms with Crippen LogP contribution in [-0.2, 0) is 0 Å². The molecule has 7 nitrogen and oxygen atoms in total. The predicted octanol–water partition coefficient (Wildman–Crippen LogP) is 3.33. The van der Waals surface area contributed by atoms with Gasteiger partial charge in [-0.2, -0.15) is 10.4 Å². The summed E-state index contributed by atoms with van der Waals surface area (Å²) in [6.07, 6.45) is 4.33. The highest BCUT2D eigenvalue weighted by molar-refractivity contribution is 8.13. The number of nitrogens with one attached hydrogen (secondary N) is 1. The van der Waals surface area contributed by atoms with E-state index in [1.165, 1.54) is 11.8 Å². The maximum atomic E-state index is 9.81. The summed E-state index contributed by atoms with van der Waals surface area (Å²) in [4.78, 5) is 4.54. The molecule has 1 N–H and O–H groups in total. The lowest BCUT2D eigenvalue weighted by Crippen LogP contribution is -2.52. The molecular formula is C21H23N5O2S. The number of ether oxygens (including phenoxy) is 2. The fourth-order valence-electron chi connectivity index (χ4n) is 4.00. The quantitative estimate of drug-likeness (QED) is 0.829. The van der Waals surface area contributed by atoms with Crippen molar-refractivity contribution in [3.8, 4) is 17.6 Å². The number of hydrogen-bond acceptors (Lipinski definition) is 8. The van der Waals surface area contributed by atoms with Gasteiger partial charge in [0.2, 0.25) is 0 Å². The fourth-order valence-corrected chi connectivity index (χ4v) is 4.61. The Kier molecular flexibility index (Phi) is 5.60. The Labute approximate surface area is 174 Å². The highest BCUT2D eigenvalue weighted by atomic mass is 32.2. The van der Waals surface area contributed by atoms with E-state index in [4.69, 9.17) is 14.6 Å². The summed E-state index contributed by atoms with van der Waals surface area (Å²) in [6.45, 7) is 0. The number of thioether (sulfide) groups is 1. The maximum absolute atomic E-state index is 9.81. The van der Waals surface area contributed by atoms with Crippen molar-refractivity contribution < 1.29 is 9.47 Å². The van der Waals surface area contributed by atoms with Crippen molar-refractivity contribution in [2.75, 3.05) is 20.5 Å². The van der Waals surface area contributed by atoms with E-state index in [0.717, 1.165) is 22.7 Å². The summed E-state index contributed by atoms with van der Waals surface area (Å²) in [6, 6.07) is 14.3. The molecule has 3 heterocycles. The summed E-state index contributed by atoms with van der Waals surface area (Å²) < 4.78 is 10.9. The van der Waals surface area contributed by atoms with Gasteiger partial charge in [0.25, 0.3) is 0 Å². The summed E-state index contributed by atoms with van der Waals surface area (Å²) in [5.74, 6) is 1.05. The monoisotopic (exact) mass is 409 g/mol. The Morgan fingerprint density at radius 3 is 2.69 bits per heavy atom. The molecule has 0 aliphatic carbocycles. The van der Waals surface area contributed by atoms with Crippen LogP contribution in [0.4, 0.5) is 0 Å². The lowest BCUT2D eigenvalue weighted by atomic mass is 9.91. The van der Waals surface area contributed by atoms with Gasteiger partial charge in [-0.05, 0) is 42.5 Å². The number of methoxy groups -OCH3 is 2. The Balaban J connectivity index is 1.75. The second-order valence-electron chi connectivity index (χ2n) is 6.91. The van der Waals surface area contributed by atoms with Gasteiger partial charge in [0.15, 0.2) is 11.5 Å². The SMILES string of the molecule is COc1ccc(C2CC(c3ccccn3)NC3C(C#N)C(SC)=NN23)cc1OC. The van der Waals surface area contributed by atoms with Crippen molar-refractivity contribution in [2.45, 2.75) is 24.7 Å². The number of hydrogen-bond donors (Lipinski definition) is 1. The van der Waals surface area contributed by atoms with E-state index >= 15 is 0 Å². The van der Waals surface area contributed by atoms with Crippen LogP contribution in [-0.4, -0.2) is 41.7 Å². The zero-order valence-corrected chi connectivity index (χ0v) is 17.4. The van der Waals surface area contributed by atoms with E-state index < -0.39 is 0 Å². The highest BCUT2D eigenvalue weighted by Gasteiger charge is 2.46. The van der Waals surface area contributed by atoms with Crippen LogP contribution in [0.15, 0.2) is 47.7 Å². The Morgan fingerprint density at radius 2 is 2.03 bits per heavy atom. The Morgan fingerprint density at radius 1 is 1.21 bits per heavy atom. The van der Waals surface area contributed by atoms with Crippen molar-refractivity contribution in [3.05, 3.63) is 53.9 Å². The zero-order chi connectivity index (χ0) is 20.4. The van der Waals surface area contributed by atoms with Gasteiger partial charge in [0.05, 0.1) is 38.1 Å². The molecule has 4 unspecified atom stereocenters. The summed E-state index contributed by atoms with van der Waals surface area (Å²) in [5, 5.41) is 21.1. The summed E-state index contributed by atoms with van der Waals surface area (Å²) in [7, 11) is 3.26. The molecule has 1 aromatic heterocycles. The number of fused-ring (bicyclic) bond motifs is 1. The molecule has 1 fully saturated rings. The predicted molar refractivity (Wildman–Crippen MR) is 113 cm³/mol. The Hall–Kier alpha value is -2.76. The molecule has 1 saturated heterocycles. The second-order valence-corrected chi connectivity index (χ2v) is 7.74. The summed E-state index contributed by atoms with van der Waals surface area (Å²) in [5.41, 5.74) is 2.03. The first-order valence-electron chi connectivity index (χ1n) is 9.39. The molecule has 2 aromatic rings. The lowest BCUT2D eigenvalue weighted by molar-refractivity contribution is 0.0531. The van der Waals surface area contributed by atoms with Gasteiger partial charge in [-0.25, -0.2) is 0 Å². The van der Waals surface area contributed by atoms with Gasteiger partial charge in [-0.3, -0.25) is 15.3 Å². The molecule has 0 saturated carbocycles. The molecule has 0 amide bonds. The third-order valence-corrected chi connectivity index (χ3v) is 6.17. The van der Waals surface area contributed by atoms with Crippen molar-refractivity contribution in [3.63, 3.8) is 0 Å². The number of pyridine rings is 1. The summed E-state index contributed by atoms with van der Waals surface area (Å²) >= 11 is 1.52. The molecule has 8 heteroatoms. The zero-order valence-electron chi connectivity index (χ0n) is 16.6. The van der Waals surface area contributed by atoms with Gasteiger partial charge >= 0.3 is 0 Å². The van der Waals surface area contributed by atoms with Gasteiger partial charge in [0.1, 0.15) is 17.1 Å². The standard InChI is InChI=1S/C21H23N5O2S/c1-27-18-8-7-13(10-19(18)28-2)17-11-16(15-6-4-5-9-23-15)24-20-14(12-22)21(29-3)25-26(17)20/h4-10,14,16-17,20,24H,11H2,1-3H3. The average molecular weight is 410 g/mol. The first-order valence-corrected chi connectivity index (χ1v) is 10.6. The van der Waals surface area contributed by atoms with Gasteiger partial charge in [0, 0.05) is 6.20 Å². The minimum atomic E-state index is -0.320. The first kappa shape index (κ1) is 19.6. The molecule has 150 valence electrons. The van der Waals surface area contributed by atoms with Crippen molar-refractivity contribution in [2.24, 2.45) is 11.0 Å². The number of aromatic nitrogens is 1. The van der Waals surface area contributed by atoms with Crippen molar-refractivity contribution in [1.82, 2.24) is 15.3 Å². The van der Waals surface area contributed by atoms with E-state index in [1.54, 1.807) is 20.4 Å². The van der Waals surface area contributed by atoms with Crippen molar-refractivity contribution >= 4 is 16.8 Å². The molecule has 4 atom stereocenters. The van der Waals surface area contributed by atoms with E-state index in [1.807, 2.05) is 47.7 Å². The number of hydrazone groups is 1. The molecule has 2 aliphatic heterocycles. The molecule has 4 rings (SSSR count). The van der Waals surface area contributed by atoms with E-state index in [0.29, 0.717) is 11.5 Å². The third-order valence-electron chi connectivity index (χ3n) is 5.42. The van der Waals surface area contributed by atoms with E-state index in [2.05, 4.69) is 16.4 Å². The molecule has 1 aromatic carbocycles. The smallest absolute Gasteiger partial charge is 0.161 e. The van der Waals surface area contributed by atoms with Crippen LogP contribution in [0, 0.1) is 17.2 Å². The molecule has 0 radical (unpaired) electrons. The third kappa shape index (κ3) is 3.52. The Bertz CT molecular complexity index is 946. The first-order chi connectivity index (χ1) is 14.2. The highest BCUT2D eigenvalue weighted by Crippen LogP contribution is 2.44. The van der Waals surface area contributed by atoms with Crippen LogP contribution in [0.2, 0.25) is 0 Å². The minimum absolute atomic E-state index is 0.0165. The van der Waals surface area contributed by atoms with Crippen molar-refractivity contribution in [1.29, 1.82) is 5.26 Å². The molecular weight excluding hydrogens is 386 g/mol. The van der Waals surface area contributed by atoms with Crippen LogP contribution in [0.25, 0.3) is 0 Å². The molecule has 2 aliphatic rings. The maximum Gasteiger partial charge on any atom is 0.161 e. The molecule has 0 spiro atoms. The van der Waals surface area contributed by atoms with Crippen LogP contribution in [0.5, 0.6) is 11.5 Å². The number of nitriles is 1. The number of benzene rings is 1. The number of rotatable bonds is 4. The van der Waals surface area contributed by atoms with E-state index in [-0.39, 0.29) is 24.2 Å². The normalized spacial score (nSPS) is 25.7. The fraction of sp³-hybridized carbons (Fsp3) is 0.381. The largest absolute Gasteiger partial charge is 0.493 e. The van der Waals surface area contributed by atoms with Gasteiger partial charge in [-0.15, -0.1) is 11.8 Å². The van der Waals surface area contributed by atoms with Crippen LogP contribution < -0.4 is 14.8 Å². The van der Waals surface area contributed by atoms with Crippen LogP contribution >= 0.6 is 11.8 Å². The second kappa shape index (κ2) is 8.31. The van der Waals surface area contributed by atoms with Crippen LogP contribution in [0.3, 0.4) is 0 Å². The lowest BCUT2D eigenvalue weighted by Gasteiger charge is -2.42. The topological polar surface area (TPSA) is 82.8 Å². The number of nitrogens with zero attached hydrogens (tertiary/aromatic N) is 4. The van der Waals surface area contributed by atoms with Crippen LogP contribution in [0.1, 0.15) is 29.8 Å². The van der Waals surface area contributed by atoms with Gasteiger partial charge < -0.3 is 9.47 Å². The van der Waals surface area contributed by atoms with E-state index in [9.17, 15) is 5.26 Å². The molecule has 0 bridgehead atoms. The van der Waals surface area contributed by atoms with Gasteiger partial charge in [-0.1, -0.05) is 12.1 Å².